The second-order valence-corrected chi connectivity index (χ2v) is 8.14. The summed E-state index contributed by atoms with van der Waals surface area (Å²) < 4.78 is 7.02. The molecule has 1 aliphatic rings. The van der Waals surface area contributed by atoms with Gasteiger partial charge in [-0.1, -0.05) is 41.9 Å². The molecule has 33 heavy (non-hydrogen) atoms. The molecule has 0 aliphatic heterocycles. The molecule has 1 aliphatic carbocycles. The minimum absolute atomic E-state index is 0.209. The Morgan fingerprint density at radius 3 is 2.58 bits per heavy atom. The minimum atomic E-state index is -0.648. The molecular weight excluding hydrogens is 444 g/mol. The van der Waals surface area contributed by atoms with Crippen LogP contribution in [0.25, 0.3) is 5.69 Å². The maximum absolute atomic E-state index is 12.7. The Bertz CT molecular complexity index is 1190. The number of nitrogens with one attached hydrogen (secondary N) is 1. The number of benzene rings is 2. The van der Waals surface area contributed by atoms with Crippen molar-refractivity contribution in [1.29, 1.82) is 0 Å². The third-order valence-corrected chi connectivity index (χ3v) is 5.74. The van der Waals surface area contributed by atoms with Crippen LogP contribution in [0, 0.1) is 0 Å². The van der Waals surface area contributed by atoms with Crippen LogP contribution in [0.15, 0.2) is 54.6 Å². The van der Waals surface area contributed by atoms with Gasteiger partial charge in [0, 0.05) is 18.3 Å². The van der Waals surface area contributed by atoms with Crippen molar-refractivity contribution in [2.24, 2.45) is 0 Å². The van der Waals surface area contributed by atoms with Crippen molar-refractivity contribution >= 4 is 35.1 Å². The summed E-state index contributed by atoms with van der Waals surface area (Å²) in [5, 5.41) is 7.52. The third kappa shape index (κ3) is 5.06. The Balaban J connectivity index is 1.35. The number of nitrogens with zero attached hydrogens (tertiary/aromatic N) is 3. The Labute approximate surface area is 196 Å². The first-order chi connectivity index (χ1) is 15.9. The highest BCUT2D eigenvalue weighted by molar-refractivity contribution is 6.33. The molecule has 3 aromatic rings. The number of halogens is 1. The van der Waals surface area contributed by atoms with Gasteiger partial charge >= 0.3 is 5.97 Å². The van der Waals surface area contributed by atoms with Crippen molar-refractivity contribution in [2.45, 2.75) is 19.3 Å². The summed E-state index contributed by atoms with van der Waals surface area (Å²) in [4.78, 5) is 38.5. The lowest BCUT2D eigenvalue weighted by molar-refractivity contribution is -0.136. The molecule has 0 saturated heterocycles. The minimum Gasteiger partial charge on any atom is -0.451 e. The smallest absolute Gasteiger partial charge is 0.359 e. The number of anilines is 1. The predicted molar refractivity (Wildman–Crippen MR) is 124 cm³/mol. The number of likely N-dealkylation sites (N-methyl/N-ethyl adjacent to an activating group) is 1. The van der Waals surface area contributed by atoms with E-state index in [0.717, 1.165) is 36.2 Å². The number of hydrogen-bond donors (Lipinski definition) is 1. The van der Waals surface area contributed by atoms with E-state index < -0.39 is 24.4 Å². The normalized spacial score (nSPS) is 12.2. The van der Waals surface area contributed by atoms with Gasteiger partial charge in [-0.15, -0.1) is 0 Å². The van der Waals surface area contributed by atoms with E-state index in [1.807, 2.05) is 30.3 Å². The Morgan fingerprint density at radius 2 is 1.82 bits per heavy atom. The molecule has 0 saturated carbocycles. The molecule has 1 N–H and O–H groups in total. The van der Waals surface area contributed by atoms with Crippen LogP contribution in [0.4, 0.5) is 5.69 Å². The van der Waals surface area contributed by atoms with Gasteiger partial charge < -0.3 is 15.0 Å². The van der Waals surface area contributed by atoms with Crippen LogP contribution in [-0.2, 0) is 27.2 Å². The maximum atomic E-state index is 12.7. The van der Waals surface area contributed by atoms with Gasteiger partial charge in [-0.25, -0.2) is 9.48 Å². The summed E-state index contributed by atoms with van der Waals surface area (Å²) >= 11 is 6.03. The molecule has 0 atom stereocenters. The molecule has 170 valence electrons. The van der Waals surface area contributed by atoms with Crippen molar-refractivity contribution in [3.8, 4) is 5.69 Å². The topological polar surface area (TPSA) is 93.5 Å². The first kappa shape index (κ1) is 22.5. The molecule has 9 heteroatoms. The fourth-order valence-electron chi connectivity index (χ4n) is 3.75. The average Bonchev–Trinajstić information content (AvgIpc) is 3.42. The van der Waals surface area contributed by atoms with Crippen LogP contribution in [0.3, 0.4) is 0 Å². The zero-order valence-corrected chi connectivity index (χ0v) is 18.8. The van der Waals surface area contributed by atoms with E-state index in [4.69, 9.17) is 16.3 Å². The fourth-order valence-corrected chi connectivity index (χ4v) is 3.93. The van der Waals surface area contributed by atoms with Crippen LogP contribution in [0.1, 0.15) is 28.2 Å². The molecular formula is C24H23ClN4O4. The van der Waals surface area contributed by atoms with E-state index in [1.54, 1.807) is 28.9 Å². The second kappa shape index (κ2) is 9.87. The summed E-state index contributed by atoms with van der Waals surface area (Å²) in [6.07, 6.45) is 2.50. The molecule has 0 spiro atoms. The summed E-state index contributed by atoms with van der Waals surface area (Å²) in [7, 11) is 1.46. The summed E-state index contributed by atoms with van der Waals surface area (Å²) in [5.41, 5.74) is 3.42. The second-order valence-electron chi connectivity index (χ2n) is 7.73. The van der Waals surface area contributed by atoms with E-state index >= 15 is 0 Å². The van der Waals surface area contributed by atoms with E-state index in [2.05, 4.69) is 10.4 Å². The highest BCUT2D eigenvalue weighted by atomic mass is 35.5. The summed E-state index contributed by atoms with van der Waals surface area (Å²) in [5.74, 6) is -1.56. The molecule has 2 amide bonds. The first-order valence-electron chi connectivity index (χ1n) is 10.6. The van der Waals surface area contributed by atoms with Gasteiger partial charge in [-0.3, -0.25) is 9.59 Å². The van der Waals surface area contributed by atoms with Crippen molar-refractivity contribution in [3.63, 3.8) is 0 Å². The van der Waals surface area contributed by atoms with E-state index in [1.165, 1.54) is 11.9 Å². The Kier molecular flexibility index (Phi) is 6.74. The van der Waals surface area contributed by atoms with Crippen molar-refractivity contribution < 1.29 is 19.1 Å². The number of amides is 2. The molecule has 0 fully saturated rings. The van der Waals surface area contributed by atoms with Crippen molar-refractivity contribution in [2.75, 3.05) is 25.5 Å². The average molecular weight is 467 g/mol. The number of fused-ring (bicyclic) bond motifs is 1. The van der Waals surface area contributed by atoms with Gasteiger partial charge in [0.1, 0.15) is 0 Å². The number of para-hydroxylation sites is 2. The van der Waals surface area contributed by atoms with E-state index in [9.17, 15) is 14.4 Å². The standard InChI is InChI=1S/C24H23ClN4O4/c1-28(14-21(30)26-19-12-6-5-11-18(19)25)22(31)15-33-24(32)23-17-10-7-13-20(17)29(27-23)16-8-3-2-4-9-16/h2-6,8-9,11-12H,7,10,13-15H2,1H3,(H,26,30). The Morgan fingerprint density at radius 1 is 1.09 bits per heavy atom. The van der Waals surface area contributed by atoms with Crippen LogP contribution in [-0.4, -0.2) is 52.7 Å². The van der Waals surface area contributed by atoms with Gasteiger partial charge in [0.15, 0.2) is 12.3 Å². The number of aromatic nitrogens is 2. The number of rotatable bonds is 7. The quantitative estimate of drug-likeness (QED) is 0.539. The lowest BCUT2D eigenvalue weighted by Crippen LogP contribution is -2.37. The molecule has 0 radical (unpaired) electrons. The monoisotopic (exact) mass is 466 g/mol. The van der Waals surface area contributed by atoms with Crippen molar-refractivity contribution in [1.82, 2.24) is 14.7 Å². The predicted octanol–water partition coefficient (Wildman–Crippen LogP) is 3.27. The summed E-state index contributed by atoms with van der Waals surface area (Å²) in [6.45, 7) is -0.693. The van der Waals surface area contributed by atoms with Gasteiger partial charge in [0.25, 0.3) is 5.91 Å². The van der Waals surface area contributed by atoms with Crippen LogP contribution in [0.2, 0.25) is 5.02 Å². The van der Waals surface area contributed by atoms with Crippen LogP contribution < -0.4 is 5.32 Å². The molecule has 4 rings (SSSR count). The SMILES string of the molecule is CN(CC(=O)Nc1ccccc1Cl)C(=O)COC(=O)c1nn(-c2ccccc2)c2c1CCC2. The highest BCUT2D eigenvalue weighted by Crippen LogP contribution is 2.28. The van der Waals surface area contributed by atoms with Crippen molar-refractivity contribution in [3.05, 3.63) is 76.6 Å². The van der Waals surface area contributed by atoms with Gasteiger partial charge in [0.05, 0.1) is 22.9 Å². The molecule has 1 aromatic heterocycles. The van der Waals surface area contributed by atoms with Crippen LogP contribution >= 0.6 is 11.6 Å². The largest absolute Gasteiger partial charge is 0.451 e. The van der Waals surface area contributed by atoms with E-state index in [0.29, 0.717) is 10.7 Å². The zero-order chi connectivity index (χ0) is 23.4. The zero-order valence-electron chi connectivity index (χ0n) is 18.1. The molecule has 1 heterocycles. The van der Waals surface area contributed by atoms with Crippen LogP contribution in [0.5, 0.6) is 0 Å². The van der Waals surface area contributed by atoms with Gasteiger partial charge in [0.2, 0.25) is 5.91 Å². The number of carbonyl (C=O) groups excluding carboxylic acids is 3. The maximum Gasteiger partial charge on any atom is 0.359 e. The lowest BCUT2D eigenvalue weighted by Gasteiger charge is -2.17. The fraction of sp³-hybridized carbons (Fsp3) is 0.250. The number of esters is 1. The third-order valence-electron chi connectivity index (χ3n) is 5.41. The number of ether oxygens (including phenoxy) is 1. The molecule has 2 aromatic carbocycles. The summed E-state index contributed by atoms with van der Waals surface area (Å²) in [6, 6.07) is 16.4. The highest BCUT2D eigenvalue weighted by Gasteiger charge is 2.28. The number of hydrogen-bond acceptors (Lipinski definition) is 5. The lowest BCUT2D eigenvalue weighted by atomic mass is 10.2. The van der Waals surface area contributed by atoms with Gasteiger partial charge in [-0.05, 0) is 43.5 Å². The number of carbonyl (C=O) groups is 3. The molecule has 0 bridgehead atoms. The van der Waals surface area contributed by atoms with E-state index in [-0.39, 0.29) is 12.2 Å². The molecule has 8 nitrogen and oxygen atoms in total. The molecule has 0 unspecified atom stereocenters. The van der Waals surface area contributed by atoms with Gasteiger partial charge in [-0.2, -0.15) is 5.10 Å². The Hall–Kier alpha value is -3.65. The first-order valence-corrected chi connectivity index (χ1v) is 10.9.